The number of thioether (sulfide) groups is 1. The first kappa shape index (κ1) is 16.6. The van der Waals surface area contributed by atoms with Crippen molar-refractivity contribution in [1.82, 2.24) is 5.32 Å². The van der Waals surface area contributed by atoms with Crippen molar-refractivity contribution in [2.24, 2.45) is 5.92 Å². The zero-order chi connectivity index (χ0) is 14.3. The van der Waals surface area contributed by atoms with Crippen LogP contribution in [-0.2, 0) is 0 Å². The molecule has 2 heteroatoms. The summed E-state index contributed by atoms with van der Waals surface area (Å²) in [5.41, 5.74) is 1.47. The fraction of sp³-hybridized carbons (Fsp3) is 0.647. The Kier molecular flexibility index (Phi) is 7.55. The van der Waals surface area contributed by atoms with Crippen LogP contribution in [0.2, 0.25) is 0 Å². The Hall–Kier alpha value is -0.470. The highest BCUT2D eigenvalue weighted by Gasteiger charge is 2.16. The average molecular weight is 279 g/mol. The standard InChI is InChI=1S/C17H29NS/c1-6-12-18-16(7-2)15-10-8-9-11-17(15)19-14(5)13(3)4/h8-11,13-14,16,18H,6-7,12H2,1-5H3. The Morgan fingerprint density at radius 1 is 1.11 bits per heavy atom. The molecule has 0 aromatic heterocycles. The predicted molar refractivity (Wildman–Crippen MR) is 87.9 cm³/mol. The first-order valence-electron chi connectivity index (χ1n) is 7.59. The van der Waals surface area contributed by atoms with Crippen LogP contribution in [0.25, 0.3) is 0 Å². The van der Waals surface area contributed by atoms with Gasteiger partial charge in [0.1, 0.15) is 0 Å². The van der Waals surface area contributed by atoms with E-state index in [0.29, 0.717) is 17.2 Å². The number of benzene rings is 1. The fourth-order valence-corrected chi connectivity index (χ4v) is 3.18. The molecule has 0 spiro atoms. The molecule has 1 aromatic rings. The molecule has 0 aliphatic carbocycles. The van der Waals surface area contributed by atoms with Gasteiger partial charge in [-0.15, -0.1) is 11.8 Å². The van der Waals surface area contributed by atoms with Gasteiger partial charge >= 0.3 is 0 Å². The zero-order valence-corrected chi connectivity index (χ0v) is 13.9. The Labute approximate surface area is 123 Å². The van der Waals surface area contributed by atoms with Gasteiger partial charge in [-0.3, -0.25) is 0 Å². The quantitative estimate of drug-likeness (QED) is 0.650. The van der Waals surface area contributed by atoms with Crippen molar-refractivity contribution in [3.05, 3.63) is 29.8 Å². The third kappa shape index (κ3) is 5.19. The molecule has 0 saturated carbocycles. The number of rotatable bonds is 8. The summed E-state index contributed by atoms with van der Waals surface area (Å²) in [6.07, 6.45) is 2.34. The summed E-state index contributed by atoms with van der Waals surface area (Å²) in [4.78, 5) is 1.44. The summed E-state index contributed by atoms with van der Waals surface area (Å²) in [5, 5.41) is 4.32. The molecule has 0 aliphatic rings. The lowest BCUT2D eigenvalue weighted by Crippen LogP contribution is -2.22. The van der Waals surface area contributed by atoms with Crippen LogP contribution in [0, 0.1) is 5.92 Å². The average Bonchev–Trinajstić information content (AvgIpc) is 2.41. The SMILES string of the molecule is CCCNC(CC)c1ccccc1SC(C)C(C)C. The third-order valence-corrected chi connectivity index (χ3v) is 5.14. The van der Waals surface area contributed by atoms with Crippen molar-refractivity contribution >= 4 is 11.8 Å². The van der Waals surface area contributed by atoms with E-state index in [1.54, 1.807) is 0 Å². The second kappa shape index (κ2) is 8.65. The molecule has 0 radical (unpaired) electrons. The molecule has 108 valence electrons. The van der Waals surface area contributed by atoms with Gasteiger partial charge < -0.3 is 5.32 Å². The topological polar surface area (TPSA) is 12.0 Å². The summed E-state index contributed by atoms with van der Waals surface area (Å²) < 4.78 is 0. The highest BCUT2D eigenvalue weighted by Crippen LogP contribution is 2.34. The molecule has 1 nitrogen and oxygen atoms in total. The molecular weight excluding hydrogens is 250 g/mol. The molecule has 2 unspecified atom stereocenters. The second-order valence-corrected chi connectivity index (χ2v) is 6.94. The van der Waals surface area contributed by atoms with Gasteiger partial charge in [0, 0.05) is 16.2 Å². The smallest absolute Gasteiger partial charge is 0.0328 e. The van der Waals surface area contributed by atoms with Gasteiger partial charge in [0.25, 0.3) is 0 Å². The number of hydrogen-bond donors (Lipinski definition) is 1. The van der Waals surface area contributed by atoms with Crippen molar-refractivity contribution in [2.75, 3.05) is 6.54 Å². The summed E-state index contributed by atoms with van der Waals surface area (Å²) in [5.74, 6) is 0.710. The van der Waals surface area contributed by atoms with Gasteiger partial charge in [-0.1, -0.05) is 52.8 Å². The Balaban J connectivity index is 2.87. The maximum atomic E-state index is 3.66. The van der Waals surface area contributed by atoms with Gasteiger partial charge in [0.05, 0.1) is 0 Å². The van der Waals surface area contributed by atoms with Crippen LogP contribution in [-0.4, -0.2) is 11.8 Å². The lowest BCUT2D eigenvalue weighted by Gasteiger charge is -2.23. The molecule has 1 aromatic carbocycles. The van der Waals surface area contributed by atoms with Crippen LogP contribution in [0.3, 0.4) is 0 Å². The summed E-state index contributed by atoms with van der Waals surface area (Å²) >= 11 is 2.02. The number of hydrogen-bond acceptors (Lipinski definition) is 2. The van der Waals surface area contributed by atoms with Crippen LogP contribution in [0.1, 0.15) is 59.1 Å². The molecule has 0 amide bonds. The first-order chi connectivity index (χ1) is 9.10. The van der Waals surface area contributed by atoms with E-state index in [0.717, 1.165) is 13.0 Å². The summed E-state index contributed by atoms with van der Waals surface area (Å²) in [6, 6.07) is 9.37. The molecule has 1 rings (SSSR count). The molecule has 19 heavy (non-hydrogen) atoms. The minimum atomic E-state index is 0.489. The summed E-state index contributed by atoms with van der Waals surface area (Å²) in [7, 11) is 0. The lowest BCUT2D eigenvalue weighted by molar-refractivity contribution is 0.512. The normalized spacial score (nSPS) is 14.6. The molecule has 0 heterocycles. The highest BCUT2D eigenvalue weighted by molar-refractivity contribution is 8.00. The van der Waals surface area contributed by atoms with E-state index in [1.165, 1.54) is 16.9 Å². The molecule has 0 fully saturated rings. The first-order valence-corrected chi connectivity index (χ1v) is 8.47. The van der Waals surface area contributed by atoms with Crippen LogP contribution in [0.5, 0.6) is 0 Å². The molecule has 0 aliphatic heterocycles. The van der Waals surface area contributed by atoms with Gasteiger partial charge in [-0.05, 0) is 36.9 Å². The van der Waals surface area contributed by atoms with E-state index in [-0.39, 0.29) is 0 Å². The minimum absolute atomic E-state index is 0.489. The lowest BCUT2D eigenvalue weighted by atomic mass is 10.0. The third-order valence-electron chi connectivity index (χ3n) is 3.60. The summed E-state index contributed by atoms with van der Waals surface area (Å²) in [6.45, 7) is 12.5. The van der Waals surface area contributed by atoms with E-state index in [1.807, 2.05) is 11.8 Å². The van der Waals surface area contributed by atoms with E-state index in [2.05, 4.69) is 64.2 Å². The fourth-order valence-electron chi connectivity index (χ4n) is 2.00. The van der Waals surface area contributed by atoms with Crippen LogP contribution in [0.4, 0.5) is 0 Å². The molecule has 0 bridgehead atoms. The van der Waals surface area contributed by atoms with Crippen molar-refractivity contribution in [2.45, 2.75) is 63.6 Å². The number of nitrogens with one attached hydrogen (secondary N) is 1. The van der Waals surface area contributed by atoms with E-state index in [4.69, 9.17) is 0 Å². The molecule has 1 N–H and O–H groups in total. The Morgan fingerprint density at radius 3 is 2.37 bits per heavy atom. The maximum Gasteiger partial charge on any atom is 0.0328 e. The highest BCUT2D eigenvalue weighted by atomic mass is 32.2. The predicted octanol–water partition coefficient (Wildman–Crippen LogP) is 5.27. The van der Waals surface area contributed by atoms with Crippen molar-refractivity contribution < 1.29 is 0 Å². The second-order valence-electron chi connectivity index (χ2n) is 5.52. The minimum Gasteiger partial charge on any atom is -0.310 e. The van der Waals surface area contributed by atoms with Crippen LogP contribution in [0.15, 0.2) is 29.2 Å². The Bertz CT molecular complexity index is 362. The Morgan fingerprint density at radius 2 is 1.79 bits per heavy atom. The molecule has 0 saturated heterocycles. The van der Waals surface area contributed by atoms with E-state index < -0.39 is 0 Å². The monoisotopic (exact) mass is 279 g/mol. The largest absolute Gasteiger partial charge is 0.310 e. The van der Waals surface area contributed by atoms with Crippen molar-refractivity contribution in [1.29, 1.82) is 0 Å². The molecular formula is C17H29NS. The maximum absolute atomic E-state index is 3.66. The van der Waals surface area contributed by atoms with Gasteiger partial charge in [0.2, 0.25) is 0 Å². The van der Waals surface area contributed by atoms with Crippen molar-refractivity contribution in [3.63, 3.8) is 0 Å². The van der Waals surface area contributed by atoms with Gasteiger partial charge in [-0.2, -0.15) is 0 Å². The van der Waals surface area contributed by atoms with E-state index >= 15 is 0 Å². The molecule has 2 atom stereocenters. The van der Waals surface area contributed by atoms with Crippen LogP contribution < -0.4 is 5.32 Å². The zero-order valence-electron chi connectivity index (χ0n) is 13.1. The van der Waals surface area contributed by atoms with Gasteiger partial charge in [-0.25, -0.2) is 0 Å². The van der Waals surface area contributed by atoms with Gasteiger partial charge in [0.15, 0.2) is 0 Å². The van der Waals surface area contributed by atoms with Crippen molar-refractivity contribution in [3.8, 4) is 0 Å². The van der Waals surface area contributed by atoms with Crippen LogP contribution >= 0.6 is 11.8 Å². The van der Waals surface area contributed by atoms with E-state index in [9.17, 15) is 0 Å².